The van der Waals surface area contributed by atoms with Crippen LogP contribution in [0.25, 0.3) is 0 Å². The molecule has 0 aliphatic heterocycles. The maximum atomic E-state index is 5.12. The minimum Gasteiger partial charge on any atom is -0.114 e. The van der Waals surface area contributed by atoms with Crippen molar-refractivity contribution < 1.29 is 0 Å². The zero-order chi connectivity index (χ0) is 7.82. The third-order valence-electron chi connectivity index (χ3n) is 0.901. The van der Waals surface area contributed by atoms with Crippen LogP contribution in [0.2, 0.25) is 0 Å². The molecule has 0 radical (unpaired) electrons. The maximum absolute atomic E-state index is 5.12. The summed E-state index contributed by atoms with van der Waals surface area (Å²) in [5.41, 5.74) is 0.734. The first-order valence-corrected chi connectivity index (χ1v) is 3.10. The fraction of sp³-hybridized carbons (Fsp3) is 0.200. The van der Waals surface area contributed by atoms with Crippen LogP contribution in [-0.2, 0) is 0 Å². The fourth-order valence-corrected chi connectivity index (χ4v) is 0.394. The van der Waals surface area contributed by atoms with Crippen molar-refractivity contribution >= 4 is 0 Å². The summed E-state index contributed by atoms with van der Waals surface area (Å²) >= 11 is 0. The summed E-state index contributed by atoms with van der Waals surface area (Å²) in [5, 5.41) is 0. The summed E-state index contributed by atoms with van der Waals surface area (Å²) in [4.78, 5) is 0. The Morgan fingerprint density at radius 2 is 2.10 bits per heavy atom. The summed E-state index contributed by atoms with van der Waals surface area (Å²) in [6.45, 7) is 3.79. The molecule has 0 atom stereocenters. The second-order valence-electron chi connectivity index (χ2n) is 1.62. The van der Waals surface area contributed by atoms with Crippen molar-refractivity contribution in [1.29, 1.82) is 0 Å². The van der Waals surface area contributed by atoms with Gasteiger partial charge in [-0.15, -0.1) is 6.42 Å². The van der Waals surface area contributed by atoms with E-state index in [9.17, 15) is 0 Å². The number of hydrogen-bond acceptors (Lipinski definition) is 0. The van der Waals surface area contributed by atoms with Gasteiger partial charge < -0.3 is 0 Å². The third-order valence-corrected chi connectivity index (χ3v) is 0.901. The highest BCUT2D eigenvalue weighted by molar-refractivity contribution is 5.43. The number of hydrogen-bond donors (Lipinski definition) is 0. The summed E-state index contributed by atoms with van der Waals surface area (Å²) in [6, 6.07) is 0. The van der Waals surface area contributed by atoms with Gasteiger partial charge in [-0.05, 0) is 19.9 Å². The lowest BCUT2D eigenvalue weighted by Crippen LogP contribution is -1.67. The van der Waals surface area contributed by atoms with Gasteiger partial charge in [0.15, 0.2) is 0 Å². The van der Waals surface area contributed by atoms with Gasteiger partial charge in [-0.3, -0.25) is 0 Å². The lowest BCUT2D eigenvalue weighted by molar-refractivity contribution is 1.68. The molecule has 50 valence electrons. The molecule has 0 nitrogen and oxygen atoms in total. The van der Waals surface area contributed by atoms with Crippen LogP contribution in [0.15, 0.2) is 23.8 Å². The molecule has 0 aromatic carbocycles. The Hall–Kier alpha value is -1.40. The Bertz CT molecular complexity index is 235. The second-order valence-corrected chi connectivity index (χ2v) is 1.62. The van der Waals surface area contributed by atoms with Crippen molar-refractivity contribution in [3.05, 3.63) is 23.8 Å². The highest BCUT2D eigenvalue weighted by Crippen LogP contribution is 1.86. The van der Waals surface area contributed by atoms with Gasteiger partial charge in [0.25, 0.3) is 0 Å². The summed E-state index contributed by atoms with van der Waals surface area (Å²) in [5.74, 6) is 8.07. The van der Waals surface area contributed by atoms with Crippen molar-refractivity contribution in [3.63, 3.8) is 0 Å². The molecule has 0 unspecified atom stereocenters. The monoisotopic (exact) mass is 130 g/mol. The Kier molecular flexibility index (Phi) is 4.93. The van der Waals surface area contributed by atoms with E-state index in [1.54, 1.807) is 6.08 Å². The molecular formula is C10H10. The van der Waals surface area contributed by atoms with Gasteiger partial charge in [-0.25, -0.2) is 0 Å². The zero-order valence-electron chi connectivity index (χ0n) is 6.31. The van der Waals surface area contributed by atoms with E-state index in [4.69, 9.17) is 6.42 Å². The lowest BCUT2D eigenvalue weighted by atomic mass is 10.3. The topological polar surface area (TPSA) is 0 Å². The zero-order valence-corrected chi connectivity index (χ0v) is 6.31. The minimum atomic E-state index is 0.734. The van der Waals surface area contributed by atoms with Gasteiger partial charge in [0.1, 0.15) is 0 Å². The van der Waals surface area contributed by atoms with Gasteiger partial charge in [-0.2, -0.15) is 0 Å². The van der Waals surface area contributed by atoms with Crippen LogP contribution in [0.4, 0.5) is 0 Å². The molecule has 0 spiro atoms. The van der Waals surface area contributed by atoms with Gasteiger partial charge in [0.05, 0.1) is 5.57 Å². The SMILES string of the molecule is C#CC(C#CC=CC)=CC. The van der Waals surface area contributed by atoms with Crippen LogP contribution in [-0.4, -0.2) is 0 Å². The molecular weight excluding hydrogens is 120 g/mol. The largest absolute Gasteiger partial charge is 0.114 e. The minimum absolute atomic E-state index is 0.734. The van der Waals surface area contributed by atoms with E-state index < -0.39 is 0 Å². The molecule has 0 aliphatic carbocycles. The predicted molar refractivity (Wildman–Crippen MR) is 45.2 cm³/mol. The molecule has 0 bridgehead atoms. The normalized spacial score (nSPS) is 10.3. The third kappa shape index (κ3) is 3.58. The highest BCUT2D eigenvalue weighted by atomic mass is 13.8. The second kappa shape index (κ2) is 5.73. The molecule has 0 saturated carbocycles. The van der Waals surface area contributed by atoms with Gasteiger partial charge >= 0.3 is 0 Å². The van der Waals surface area contributed by atoms with Crippen molar-refractivity contribution in [2.75, 3.05) is 0 Å². The average molecular weight is 130 g/mol. The molecule has 0 fully saturated rings. The van der Waals surface area contributed by atoms with E-state index in [-0.39, 0.29) is 0 Å². The maximum Gasteiger partial charge on any atom is 0.0702 e. The summed E-state index contributed by atoms with van der Waals surface area (Å²) in [7, 11) is 0. The van der Waals surface area contributed by atoms with E-state index in [0.29, 0.717) is 0 Å². The lowest BCUT2D eigenvalue weighted by Gasteiger charge is -1.77. The van der Waals surface area contributed by atoms with Crippen LogP contribution in [0, 0.1) is 24.2 Å². The van der Waals surface area contributed by atoms with Gasteiger partial charge in [-0.1, -0.05) is 29.9 Å². The molecule has 0 aliphatic rings. The van der Waals surface area contributed by atoms with Crippen molar-refractivity contribution in [2.24, 2.45) is 0 Å². The van der Waals surface area contributed by atoms with Crippen LogP contribution in [0.3, 0.4) is 0 Å². The quantitative estimate of drug-likeness (QED) is 0.441. The Morgan fingerprint density at radius 3 is 2.50 bits per heavy atom. The first-order chi connectivity index (χ1) is 4.85. The van der Waals surface area contributed by atoms with Gasteiger partial charge in [0.2, 0.25) is 0 Å². The van der Waals surface area contributed by atoms with E-state index >= 15 is 0 Å². The van der Waals surface area contributed by atoms with Crippen molar-refractivity contribution in [1.82, 2.24) is 0 Å². The molecule has 0 amide bonds. The summed E-state index contributed by atoms with van der Waals surface area (Å²) in [6.07, 6.45) is 10.6. The van der Waals surface area contributed by atoms with E-state index in [0.717, 1.165) is 5.57 Å². The Labute approximate surface area is 62.6 Å². The average Bonchev–Trinajstić information content (AvgIpc) is 1.99. The van der Waals surface area contributed by atoms with Crippen LogP contribution in [0.5, 0.6) is 0 Å². The molecule has 0 aromatic heterocycles. The Morgan fingerprint density at radius 1 is 1.40 bits per heavy atom. The molecule has 0 saturated heterocycles. The molecule has 0 aromatic rings. The molecule has 0 rings (SSSR count). The fourth-order valence-electron chi connectivity index (χ4n) is 0.394. The smallest absolute Gasteiger partial charge is 0.0702 e. The van der Waals surface area contributed by atoms with Crippen molar-refractivity contribution in [3.8, 4) is 24.2 Å². The van der Waals surface area contributed by atoms with Crippen LogP contribution < -0.4 is 0 Å². The van der Waals surface area contributed by atoms with Crippen LogP contribution >= 0.6 is 0 Å². The number of rotatable bonds is 0. The number of terminal acetylenes is 1. The summed E-state index contributed by atoms with van der Waals surface area (Å²) < 4.78 is 0. The predicted octanol–water partition coefficient (Wildman–Crippen LogP) is 2.15. The molecule has 0 N–H and O–H groups in total. The van der Waals surface area contributed by atoms with E-state index in [1.165, 1.54) is 0 Å². The first kappa shape index (κ1) is 8.60. The number of allylic oxidation sites excluding steroid dienone is 4. The molecule has 10 heavy (non-hydrogen) atoms. The van der Waals surface area contributed by atoms with Crippen molar-refractivity contribution in [2.45, 2.75) is 13.8 Å². The van der Waals surface area contributed by atoms with Crippen LogP contribution in [0.1, 0.15) is 13.8 Å². The standard InChI is InChI=1S/C10H10/c1-4-7-8-9-10(5-2)6-3/h2,4,6-7H,1,3H3. The van der Waals surface area contributed by atoms with E-state index in [1.807, 2.05) is 26.0 Å². The molecule has 0 heteroatoms. The Balaban J connectivity index is 4.19. The first-order valence-electron chi connectivity index (χ1n) is 3.10. The highest BCUT2D eigenvalue weighted by Gasteiger charge is 1.75. The van der Waals surface area contributed by atoms with Gasteiger partial charge in [0, 0.05) is 0 Å². The molecule has 0 heterocycles. The van der Waals surface area contributed by atoms with E-state index in [2.05, 4.69) is 17.8 Å².